The van der Waals surface area contributed by atoms with Gasteiger partial charge < -0.3 is 65.9 Å². The number of para-hydroxylation sites is 1. The van der Waals surface area contributed by atoms with Gasteiger partial charge in [0.05, 0.1) is 6.54 Å². The molecule has 7 aromatic rings. The van der Waals surface area contributed by atoms with Gasteiger partial charge in [-0.2, -0.15) is 0 Å². The first-order valence-corrected chi connectivity index (χ1v) is 27.4. The molecule has 5 unspecified atom stereocenters. The van der Waals surface area contributed by atoms with Crippen LogP contribution in [0.25, 0.3) is 6.08 Å². The fourth-order valence-electron chi connectivity index (χ4n) is 9.44. The van der Waals surface area contributed by atoms with Crippen LogP contribution in [0.15, 0.2) is 176 Å². The van der Waals surface area contributed by atoms with E-state index < -0.39 is 65.7 Å². The number of carbonyl (C=O) groups excluding carboxylic acids is 7. The second kappa shape index (κ2) is 29.3. The Morgan fingerprint density at radius 1 is 0.429 bits per heavy atom. The van der Waals surface area contributed by atoms with Crippen molar-refractivity contribution in [2.45, 2.75) is 88.6 Å². The molecule has 0 aromatic heterocycles. The minimum absolute atomic E-state index is 0.0186. The molecule has 0 aliphatic rings. The molecule has 84 heavy (non-hydrogen) atoms. The molecule has 17 N–H and O–H groups in total. The maximum Gasteiger partial charge on any atom is 0.243 e. The fourth-order valence-corrected chi connectivity index (χ4v) is 9.44. The molecule has 19 nitrogen and oxygen atoms in total. The normalized spacial score (nSPS) is 12.7. The Balaban J connectivity index is 1.15. The Bertz CT molecular complexity index is 3430. The van der Waals surface area contributed by atoms with E-state index in [1.54, 1.807) is 132 Å². The number of anilines is 6. The zero-order valence-electron chi connectivity index (χ0n) is 46.8. The summed E-state index contributed by atoms with van der Waals surface area (Å²) < 4.78 is 0. The fraction of sp³-hybridized carbons (Fsp3) is 0.215. The van der Waals surface area contributed by atoms with Crippen molar-refractivity contribution in [3.8, 4) is 0 Å². The second-order valence-electron chi connectivity index (χ2n) is 20.7. The van der Waals surface area contributed by atoms with Crippen LogP contribution in [-0.4, -0.2) is 71.6 Å². The molecule has 7 amide bonds. The van der Waals surface area contributed by atoms with Crippen LogP contribution in [0, 0.1) is 6.92 Å². The summed E-state index contributed by atoms with van der Waals surface area (Å²) in [5.41, 5.74) is 44.4. The minimum Gasteiger partial charge on any atom is -0.399 e. The second-order valence-corrected chi connectivity index (χ2v) is 20.7. The lowest BCUT2D eigenvalue weighted by Crippen LogP contribution is -2.60. The molecular formula is C65H72N12O7. The first kappa shape index (κ1) is 61.2. The SMILES string of the molecule is C=Cc1ccccc1CN(C(=O)CCC(=O)NC(Cc1ccc(N)cc1)C(=O)NC(Cc1ccc(N)cc1)C(=O)NC(Cc1ccc(N)cc1)C(=O)NC(Cc1ccc(N)cc1)C(=O)NC(Cc1ccc(N)cc1)C(N)=O)c1ccccc1C. The Kier molecular flexibility index (Phi) is 21.4. The van der Waals surface area contributed by atoms with Gasteiger partial charge in [-0.15, -0.1) is 0 Å². The standard InChI is InChI=1S/C65H72N12O7/c1-3-46-9-5-6-10-47(46)39-77(58-11-7-4-8-40(58)2)60(79)33-32-59(78)72-54(35-42-14-24-49(67)25-15-42)62(81)74-56(37-44-18-28-51(69)29-19-44)64(83)76-57(38-45-20-30-52(70)31-21-45)65(84)75-55(36-43-16-26-50(68)27-17-43)63(82)73-53(61(71)80)34-41-12-22-48(66)23-13-41/h3-31,53-57H,1,32-39,66-70H2,2H3,(H2,71,80)(H,72,78)(H,73,82)(H,74,81)(H,75,84)(H,76,83). The van der Waals surface area contributed by atoms with Gasteiger partial charge in [0.1, 0.15) is 30.2 Å². The van der Waals surface area contributed by atoms with E-state index in [1.165, 1.54) is 0 Å². The summed E-state index contributed by atoms with van der Waals surface area (Å²) in [6.45, 7) is 6.04. The van der Waals surface area contributed by atoms with Gasteiger partial charge in [0.25, 0.3) is 0 Å². The van der Waals surface area contributed by atoms with Gasteiger partial charge in [-0.3, -0.25) is 33.6 Å². The number of hydrogen-bond donors (Lipinski definition) is 11. The van der Waals surface area contributed by atoms with Crippen molar-refractivity contribution in [2.24, 2.45) is 5.73 Å². The molecule has 0 aliphatic carbocycles. The van der Waals surface area contributed by atoms with E-state index >= 15 is 4.79 Å². The predicted molar refractivity (Wildman–Crippen MR) is 330 cm³/mol. The zero-order chi connectivity index (χ0) is 60.3. The maximum absolute atomic E-state index is 15.0. The van der Waals surface area contributed by atoms with Crippen molar-refractivity contribution in [1.82, 2.24) is 26.6 Å². The summed E-state index contributed by atoms with van der Waals surface area (Å²) in [5, 5.41) is 14.1. The predicted octanol–water partition coefficient (Wildman–Crippen LogP) is 4.99. The van der Waals surface area contributed by atoms with E-state index in [2.05, 4.69) is 33.2 Å². The van der Waals surface area contributed by atoms with E-state index in [0.29, 0.717) is 61.9 Å². The molecule has 0 saturated carbocycles. The van der Waals surface area contributed by atoms with E-state index in [0.717, 1.165) is 16.7 Å². The van der Waals surface area contributed by atoms with Gasteiger partial charge in [0, 0.05) is 79.1 Å². The quantitative estimate of drug-likeness (QED) is 0.0304. The third kappa shape index (κ3) is 18.0. The molecule has 0 spiro atoms. The van der Waals surface area contributed by atoms with Gasteiger partial charge in [0.15, 0.2) is 0 Å². The van der Waals surface area contributed by atoms with E-state index in [4.69, 9.17) is 34.4 Å². The third-order valence-corrected chi connectivity index (χ3v) is 14.2. The van der Waals surface area contributed by atoms with E-state index in [-0.39, 0.29) is 57.4 Å². The van der Waals surface area contributed by atoms with E-state index in [9.17, 15) is 28.8 Å². The molecule has 0 aliphatic heterocycles. The van der Waals surface area contributed by atoms with Crippen molar-refractivity contribution in [3.05, 3.63) is 221 Å². The van der Waals surface area contributed by atoms with Gasteiger partial charge >= 0.3 is 0 Å². The number of carbonyl (C=O) groups is 7. The molecule has 7 rings (SSSR count). The number of nitrogens with zero attached hydrogens (tertiary/aromatic N) is 1. The Morgan fingerprint density at radius 2 is 0.750 bits per heavy atom. The van der Waals surface area contributed by atoms with Crippen LogP contribution in [0.5, 0.6) is 0 Å². The van der Waals surface area contributed by atoms with Gasteiger partial charge in [0.2, 0.25) is 41.4 Å². The highest BCUT2D eigenvalue weighted by atomic mass is 16.2. The monoisotopic (exact) mass is 1130 g/mol. The molecule has 0 saturated heterocycles. The molecule has 0 fully saturated rings. The topological polar surface area (TPSA) is 339 Å². The van der Waals surface area contributed by atoms with Gasteiger partial charge in [-0.25, -0.2) is 0 Å². The number of nitrogens with two attached hydrogens (primary N) is 6. The number of benzene rings is 7. The van der Waals surface area contributed by atoms with Crippen LogP contribution < -0.4 is 65.9 Å². The average Bonchev–Trinajstić information content (AvgIpc) is 3.16. The highest BCUT2D eigenvalue weighted by Gasteiger charge is 2.34. The molecule has 7 aromatic carbocycles. The van der Waals surface area contributed by atoms with Crippen molar-refractivity contribution in [3.63, 3.8) is 0 Å². The zero-order valence-corrected chi connectivity index (χ0v) is 46.8. The number of nitrogens with one attached hydrogen (secondary N) is 5. The highest BCUT2D eigenvalue weighted by molar-refractivity contribution is 5.98. The lowest BCUT2D eigenvalue weighted by Gasteiger charge is -2.28. The number of nitrogen functional groups attached to an aromatic ring is 5. The van der Waals surface area contributed by atoms with Gasteiger partial charge in [-0.05, 0) is 118 Å². The molecular weight excluding hydrogens is 1060 g/mol. The third-order valence-electron chi connectivity index (χ3n) is 14.2. The van der Waals surface area contributed by atoms with Crippen molar-refractivity contribution >= 4 is 81.6 Å². The summed E-state index contributed by atoms with van der Waals surface area (Å²) in [4.78, 5) is 102. The van der Waals surface area contributed by atoms with Crippen LogP contribution in [0.1, 0.15) is 57.3 Å². The first-order valence-electron chi connectivity index (χ1n) is 27.4. The summed E-state index contributed by atoms with van der Waals surface area (Å²) >= 11 is 0. The van der Waals surface area contributed by atoms with Crippen molar-refractivity contribution < 1.29 is 33.6 Å². The summed E-state index contributed by atoms with van der Waals surface area (Å²) in [6, 6.07) is 41.8. The molecule has 0 heterocycles. The Morgan fingerprint density at radius 3 is 1.11 bits per heavy atom. The van der Waals surface area contributed by atoms with Crippen LogP contribution in [0.3, 0.4) is 0 Å². The maximum atomic E-state index is 15.0. The largest absolute Gasteiger partial charge is 0.399 e. The number of aryl methyl sites for hydroxylation is 1. The molecule has 19 heteroatoms. The minimum atomic E-state index is -1.40. The van der Waals surface area contributed by atoms with Crippen LogP contribution in [-0.2, 0) is 72.2 Å². The van der Waals surface area contributed by atoms with Crippen LogP contribution >= 0.6 is 0 Å². The smallest absolute Gasteiger partial charge is 0.243 e. The number of hydrogen-bond acceptors (Lipinski definition) is 12. The molecule has 0 radical (unpaired) electrons. The highest BCUT2D eigenvalue weighted by Crippen LogP contribution is 2.25. The summed E-state index contributed by atoms with van der Waals surface area (Å²) in [7, 11) is 0. The number of amides is 7. The lowest BCUT2D eigenvalue weighted by molar-refractivity contribution is -0.135. The van der Waals surface area contributed by atoms with Crippen molar-refractivity contribution in [2.75, 3.05) is 33.6 Å². The Labute approximate surface area is 488 Å². The molecule has 0 bridgehead atoms. The van der Waals surface area contributed by atoms with Gasteiger partial charge in [-0.1, -0.05) is 116 Å². The number of primary amides is 1. The van der Waals surface area contributed by atoms with E-state index in [1.807, 2.05) is 55.5 Å². The summed E-state index contributed by atoms with van der Waals surface area (Å²) in [5.74, 6) is -4.87. The summed E-state index contributed by atoms with van der Waals surface area (Å²) in [6.07, 6.45) is 0.870. The molecule has 434 valence electrons. The van der Waals surface area contributed by atoms with Crippen LogP contribution in [0.2, 0.25) is 0 Å². The lowest BCUT2D eigenvalue weighted by atomic mass is 9.99. The first-order chi connectivity index (χ1) is 40.3. The molecule has 5 atom stereocenters. The van der Waals surface area contributed by atoms with Crippen LogP contribution in [0.4, 0.5) is 34.1 Å². The van der Waals surface area contributed by atoms with Crippen molar-refractivity contribution in [1.29, 1.82) is 0 Å². The average molecular weight is 1130 g/mol. The Hall–Kier alpha value is -10.4. The number of rotatable bonds is 27.